The third-order valence-electron chi connectivity index (χ3n) is 9.92. The highest BCUT2D eigenvalue weighted by Gasteiger charge is 2.59. The molecule has 0 aliphatic heterocycles. The van der Waals surface area contributed by atoms with Gasteiger partial charge in [-0.3, -0.25) is 9.59 Å². The fourth-order valence-electron chi connectivity index (χ4n) is 8.35. The zero-order chi connectivity index (χ0) is 19.9. The maximum absolute atomic E-state index is 12.1. The second-order valence-electron chi connectivity index (χ2n) is 10.9. The van der Waals surface area contributed by atoms with Gasteiger partial charge in [0.05, 0.1) is 6.61 Å². The first-order valence-electron chi connectivity index (χ1n) is 12.1. The molecule has 3 heteroatoms. The molecule has 0 radical (unpaired) electrons. The van der Waals surface area contributed by atoms with Gasteiger partial charge in [-0.2, -0.15) is 0 Å². The molecule has 0 aromatic carbocycles. The zero-order valence-corrected chi connectivity index (χ0v) is 18.3. The molecular weight excluding hydrogens is 348 g/mol. The Morgan fingerprint density at radius 3 is 2.61 bits per heavy atom. The van der Waals surface area contributed by atoms with E-state index in [9.17, 15) is 9.59 Å². The summed E-state index contributed by atoms with van der Waals surface area (Å²) in [7, 11) is 0. The summed E-state index contributed by atoms with van der Waals surface area (Å²) in [5, 5.41) is 0. The Balaban J connectivity index is 1.42. The van der Waals surface area contributed by atoms with Crippen LogP contribution >= 0.6 is 0 Å². The first-order chi connectivity index (χ1) is 13.4. The topological polar surface area (TPSA) is 43.4 Å². The molecule has 0 aromatic heterocycles. The highest BCUT2D eigenvalue weighted by molar-refractivity contribution is 5.79. The van der Waals surface area contributed by atoms with Gasteiger partial charge in [-0.15, -0.1) is 0 Å². The summed E-state index contributed by atoms with van der Waals surface area (Å²) in [6.07, 6.45) is 13.7. The van der Waals surface area contributed by atoms with Crippen LogP contribution in [0.4, 0.5) is 0 Å². The number of ketones is 1. The zero-order valence-electron chi connectivity index (χ0n) is 18.3. The van der Waals surface area contributed by atoms with E-state index in [1.807, 2.05) is 6.92 Å². The van der Waals surface area contributed by atoms with Gasteiger partial charge in [0.1, 0.15) is 5.78 Å². The summed E-state index contributed by atoms with van der Waals surface area (Å²) in [4.78, 5) is 23.8. The molecule has 4 fully saturated rings. The van der Waals surface area contributed by atoms with Crippen molar-refractivity contribution in [2.75, 3.05) is 6.61 Å². The summed E-state index contributed by atoms with van der Waals surface area (Å²) >= 11 is 0. The van der Waals surface area contributed by atoms with E-state index >= 15 is 0 Å². The standard InChI is InChI=1S/C25H40O3/c1-4-28-23(27)7-5-6-17-9-11-21-20-10-8-18-16-19(26)12-14-25(18,3)22(20)13-15-24(17,21)2/h17-18,20-22H,4-16H2,1-3H3. The number of carbonyl (C=O) groups is 2. The van der Waals surface area contributed by atoms with Crippen LogP contribution in [0.15, 0.2) is 0 Å². The van der Waals surface area contributed by atoms with Crippen LogP contribution in [0.3, 0.4) is 0 Å². The lowest BCUT2D eigenvalue weighted by Crippen LogP contribution is -2.53. The maximum Gasteiger partial charge on any atom is 0.305 e. The van der Waals surface area contributed by atoms with Crippen LogP contribution in [0.2, 0.25) is 0 Å². The normalized spacial score (nSPS) is 45.1. The molecule has 0 aromatic rings. The van der Waals surface area contributed by atoms with E-state index in [0.717, 1.165) is 49.4 Å². The van der Waals surface area contributed by atoms with Gasteiger partial charge in [0, 0.05) is 19.3 Å². The van der Waals surface area contributed by atoms with Crippen molar-refractivity contribution < 1.29 is 14.3 Å². The molecule has 4 rings (SSSR count). The lowest BCUT2D eigenvalue weighted by atomic mass is 9.44. The number of hydrogen-bond donors (Lipinski definition) is 0. The molecular formula is C25H40O3. The van der Waals surface area contributed by atoms with E-state index in [1.165, 1.54) is 44.9 Å². The first kappa shape index (κ1) is 20.4. The minimum absolute atomic E-state index is 0.0241. The molecule has 3 nitrogen and oxygen atoms in total. The van der Waals surface area contributed by atoms with Crippen molar-refractivity contribution >= 4 is 11.8 Å². The largest absolute Gasteiger partial charge is 0.466 e. The Hall–Kier alpha value is -0.860. The number of rotatable bonds is 5. The van der Waals surface area contributed by atoms with Gasteiger partial charge in [0.25, 0.3) is 0 Å². The molecule has 7 unspecified atom stereocenters. The number of hydrogen-bond acceptors (Lipinski definition) is 3. The lowest BCUT2D eigenvalue weighted by Gasteiger charge is -2.60. The third-order valence-corrected chi connectivity index (χ3v) is 9.92. The molecule has 4 aliphatic rings. The molecule has 7 atom stereocenters. The summed E-state index contributed by atoms with van der Waals surface area (Å²) < 4.78 is 5.12. The molecule has 0 spiro atoms. The van der Waals surface area contributed by atoms with Crippen LogP contribution in [0, 0.1) is 40.4 Å². The van der Waals surface area contributed by atoms with E-state index in [1.54, 1.807) is 0 Å². The van der Waals surface area contributed by atoms with E-state index < -0.39 is 0 Å². The Labute approximate surface area is 171 Å². The van der Waals surface area contributed by atoms with E-state index in [0.29, 0.717) is 35.6 Å². The molecule has 4 saturated carbocycles. The minimum atomic E-state index is -0.0241. The molecule has 158 valence electrons. The van der Waals surface area contributed by atoms with Crippen molar-refractivity contribution in [1.82, 2.24) is 0 Å². The summed E-state index contributed by atoms with van der Waals surface area (Å²) in [5.41, 5.74) is 0.893. The predicted molar refractivity (Wildman–Crippen MR) is 111 cm³/mol. The van der Waals surface area contributed by atoms with Gasteiger partial charge in [-0.1, -0.05) is 13.8 Å². The fraction of sp³-hybridized carbons (Fsp3) is 0.920. The van der Waals surface area contributed by atoms with E-state index in [2.05, 4.69) is 13.8 Å². The monoisotopic (exact) mass is 388 g/mol. The highest BCUT2D eigenvalue weighted by atomic mass is 16.5. The molecule has 4 aliphatic carbocycles. The Kier molecular flexibility index (Phi) is 5.66. The van der Waals surface area contributed by atoms with Crippen molar-refractivity contribution in [3.63, 3.8) is 0 Å². The Morgan fingerprint density at radius 2 is 1.82 bits per heavy atom. The van der Waals surface area contributed by atoms with Gasteiger partial charge in [-0.05, 0) is 105 Å². The van der Waals surface area contributed by atoms with Crippen LogP contribution in [-0.2, 0) is 14.3 Å². The summed E-state index contributed by atoms with van der Waals surface area (Å²) in [6, 6.07) is 0. The molecule has 0 saturated heterocycles. The smallest absolute Gasteiger partial charge is 0.305 e. The highest BCUT2D eigenvalue weighted by Crippen LogP contribution is 2.67. The van der Waals surface area contributed by atoms with Crippen molar-refractivity contribution in [2.24, 2.45) is 40.4 Å². The van der Waals surface area contributed by atoms with Crippen molar-refractivity contribution in [2.45, 2.75) is 97.8 Å². The average molecular weight is 389 g/mol. The van der Waals surface area contributed by atoms with Crippen molar-refractivity contribution in [3.05, 3.63) is 0 Å². The quantitative estimate of drug-likeness (QED) is 0.547. The lowest BCUT2D eigenvalue weighted by molar-refractivity contribution is -0.143. The van der Waals surface area contributed by atoms with E-state index in [-0.39, 0.29) is 5.97 Å². The average Bonchev–Trinajstić information content (AvgIpc) is 2.99. The second kappa shape index (κ2) is 7.76. The van der Waals surface area contributed by atoms with Crippen LogP contribution in [0.1, 0.15) is 97.8 Å². The van der Waals surface area contributed by atoms with Crippen LogP contribution in [-0.4, -0.2) is 18.4 Å². The van der Waals surface area contributed by atoms with Gasteiger partial charge >= 0.3 is 5.97 Å². The van der Waals surface area contributed by atoms with Gasteiger partial charge < -0.3 is 4.74 Å². The molecule has 0 heterocycles. The van der Waals surface area contributed by atoms with Crippen LogP contribution in [0.25, 0.3) is 0 Å². The number of fused-ring (bicyclic) bond motifs is 5. The predicted octanol–water partition coefficient (Wildman–Crippen LogP) is 5.95. The van der Waals surface area contributed by atoms with E-state index in [4.69, 9.17) is 4.74 Å². The van der Waals surface area contributed by atoms with Gasteiger partial charge in [-0.25, -0.2) is 0 Å². The molecule has 0 amide bonds. The Bertz CT molecular complexity index is 613. The number of Topliss-reactive ketones (excluding diaryl/α,β-unsaturated/α-hetero) is 1. The first-order valence-corrected chi connectivity index (χ1v) is 12.1. The second-order valence-corrected chi connectivity index (χ2v) is 10.9. The van der Waals surface area contributed by atoms with Crippen molar-refractivity contribution in [3.8, 4) is 0 Å². The van der Waals surface area contributed by atoms with Crippen molar-refractivity contribution in [1.29, 1.82) is 0 Å². The molecule has 0 bridgehead atoms. The third kappa shape index (κ3) is 3.35. The van der Waals surface area contributed by atoms with Crippen LogP contribution in [0.5, 0.6) is 0 Å². The minimum Gasteiger partial charge on any atom is -0.466 e. The number of ether oxygens (including phenoxy) is 1. The number of esters is 1. The SMILES string of the molecule is CCOC(=O)CCCC1CCC2C3CCC4CC(=O)CCC4(C)C3CCC12C. The molecule has 28 heavy (non-hydrogen) atoms. The van der Waals surface area contributed by atoms with Crippen LogP contribution < -0.4 is 0 Å². The maximum atomic E-state index is 12.1. The summed E-state index contributed by atoms with van der Waals surface area (Å²) in [5.74, 6) is 4.52. The summed E-state index contributed by atoms with van der Waals surface area (Å²) in [6.45, 7) is 7.50. The van der Waals surface area contributed by atoms with Gasteiger partial charge in [0.15, 0.2) is 0 Å². The van der Waals surface area contributed by atoms with Gasteiger partial charge in [0.2, 0.25) is 0 Å². The fourth-order valence-corrected chi connectivity index (χ4v) is 8.35. The number of carbonyl (C=O) groups excluding carboxylic acids is 2. The molecule has 0 N–H and O–H groups in total. The Morgan fingerprint density at radius 1 is 1.04 bits per heavy atom.